The first-order valence-corrected chi connectivity index (χ1v) is 11.0. The van der Waals surface area contributed by atoms with Gasteiger partial charge in [0.2, 0.25) is 0 Å². The van der Waals surface area contributed by atoms with Crippen LogP contribution in [-0.4, -0.2) is 15.0 Å². The summed E-state index contributed by atoms with van der Waals surface area (Å²) in [6, 6.07) is 20.5. The molecule has 5 heteroatoms. The second kappa shape index (κ2) is 8.29. The third-order valence-corrected chi connectivity index (χ3v) is 6.51. The summed E-state index contributed by atoms with van der Waals surface area (Å²) in [5, 5.41) is 1.25. The van der Waals surface area contributed by atoms with Gasteiger partial charge in [-0.3, -0.25) is 4.98 Å². The second-order valence-corrected chi connectivity index (χ2v) is 8.55. The SMILES string of the molecule is c1ccc(COc2ccnc3c2CCCCC3Sc2nc3ccccc3[nH]2)cc1. The lowest BCUT2D eigenvalue weighted by atomic mass is 10.1. The molecule has 1 aliphatic carbocycles. The molecule has 0 amide bonds. The van der Waals surface area contributed by atoms with Gasteiger partial charge in [-0.25, -0.2) is 4.98 Å². The van der Waals surface area contributed by atoms with Gasteiger partial charge >= 0.3 is 0 Å². The van der Waals surface area contributed by atoms with E-state index in [-0.39, 0.29) is 5.25 Å². The average Bonchev–Trinajstić information content (AvgIpc) is 3.06. The zero-order chi connectivity index (χ0) is 19.5. The van der Waals surface area contributed by atoms with Gasteiger partial charge in [-0.05, 0) is 43.0 Å². The number of rotatable bonds is 5. The maximum atomic E-state index is 6.22. The molecule has 1 unspecified atom stereocenters. The smallest absolute Gasteiger partial charge is 0.167 e. The number of nitrogens with one attached hydrogen (secondary N) is 1. The van der Waals surface area contributed by atoms with Gasteiger partial charge in [0.25, 0.3) is 0 Å². The molecule has 0 spiro atoms. The highest BCUT2D eigenvalue weighted by molar-refractivity contribution is 7.99. The molecule has 5 rings (SSSR count). The molecule has 2 aromatic carbocycles. The van der Waals surface area contributed by atoms with Gasteiger partial charge in [0.1, 0.15) is 12.4 Å². The van der Waals surface area contributed by atoms with E-state index < -0.39 is 0 Å². The van der Waals surface area contributed by atoms with Crippen LogP contribution in [0.15, 0.2) is 72.0 Å². The molecule has 0 radical (unpaired) electrons. The van der Waals surface area contributed by atoms with Crippen LogP contribution in [0.1, 0.15) is 41.3 Å². The zero-order valence-corrected chi connectivity index (χ0v) is 17.0. The minimum absolute atomic E-state index is 0.285. The van der Waals surface area contributed by atoms with Crippen molar-refractivity contribution >= 4 is 22.8 Å². The predicted octanol–water partition coefficient (Wildman–Crippen LogP) is 6.10. The molecule has 0 bridgehead atoms. The number of benzene rings is 2. The van der Waals surface area contributed by atoms with Gasteiger partial charge in [-0.1, -0.05) is 60.6 Å². The lowest BCUT2D eigenvalue weighted by Gasteiger charge is -2.17. The molecule has 2 heterocycles. The summed E-state index contributed by atoms with van der Waals surface area (Å²) in [7, 11) is 0. The Hall–Kier alpha value is -2.79. The van der Waals surface area contributed by atoms with E-state index in [9.17, 15) is 0 Å². The number of imidazole rings is 1. The monoisotopic (exact) mass is 401 g/mol. The number of nitrogens with zero attached hydrogens (tertiary/aromatic N) is 2. The van der Waals surface area contributed by atoms with Crippen LogP contribution in [0.3, 0.4) is 0 Å². The summed E-state index contributed by atoms with van der Waals surface area (Å²) in [6.07, 6.45) is 6.36. The number of pyridine rings is 1. The minimum atomic E-state index is 0.285. The van der Waals surface area contributed by atoms with E-state index in [2.05, 4.69) is 23.2 Å². The van der Waals surface area contributed by atoms with E-state index in [0.717, 1.165) is 46.9 Å². The van der Waals surface area contributed by atoms with E-state index in [0.29, 0.717) is 6.61 Å². The van der Waals surface area contributed by atoms with Crippen LogP contribution >= 0.6 is 11.8 Å². The van der Waals surface area contributed by atoms with Crippen molar-refractivity contribution in [2.75, 3.05) is 0 Å². The fraction of sp³-hybridized carbons (Fsp3) is 0.250. The highest BCUT2D eigenvalue weighted by atomic mass is 32.2. The number of hydrogen-bond acceptors (Lipinski definition) is 4. The topological polar surface area (TPSA) is 50.8 Å². The molecule has 29 heavy (non-hydrogen) atoms. The molecule has 146 valence electrons. The summed E-state index contributed by atoms with van der Waals surface area (Å²) >= 11 is 1.78. The van der Waals surface area contributed by atoms with Crippen molar-refractivity contribution in [2.45, 2.75) is 42.7 Å². The first kappa shape index (κ1) is 18.3. The first-order chi connectivity index (χ1) is 14.4. The lowest BCUT2D eigenvalue weighted by Crippen LogP contribution is -2.05. The van der Waals surface area contributed by atoms with Gasteiger partial charge in [0.05, 0.1) is 22.0 Å². The van der Waals surface area contributed by atoms with Crippen LogP contribution in [0.25, 0.3) is 11.0 Å². The molecular formula is C24H23N3OS. The summed E-state index contributed by atoms with van der Waals surface area (Å²) in [5.41, 5.74) is 5.68. The Balaban J connectivity index is 1.41. The van der Waals surface area contributed by atoms with Crippen molar-refractivity contribution in [3.63, 3.8) is 0 Å². The third-order valence-electron chi connectivity index (χ3n) is 5.35. The van der Waals surface area contributed by atoms with Crippen LogP contribution in [0.4, 0.5) is 0 Å². The Bertz CT molecular complexity index is 1080. The Morgan fingerprint density at radius 3 is 2.76 bits per heavy atom. The molecule has 2 aromatic heterocycles. The predicted molar refractivity (Wildman–Crippen MR) is 117 cm³/mol. The van der Waals surface area contributed by atoms with Crippen LogP contribution in [-0.2, 0) is 13.0 Å². The number of fused-ring (bicyclic) bond motifs is 2. The molecule has 1 aliphatic rings. The summed E-state index contributed by atoms with van der Waals surface area (Å²) in [4.78, 5) is 13.0. The minimum Gasteiger partial charge on any atom is -0.488 e. The summed E-state index contributed by atoms with van der Waals surface area (Å²) in [5.74, 6) is 0.968. The highest BCUT2D eigenvalue weighted by Crippen LogP contribution is 2.43. The number of ether oxygens (including phenoxy) is 1. The normalized spacial score (nSPS) is 16.3. The average molecular weight is 402 g/mol. The van der Waals surface area contributed by atoms with E-state index in [1.165, 1.54) is 17.5 Å². The Morgan fingerprint density at radius 1 is 1.00 bits per heavy atom. The molecule has 0 fully saturated rings. The lowest BCUT2D eigenvalue weighted by molar-refractivity contribution is 0.302. The fourth-order valence-electron chi connectivity index (χ4n) is 3.89. The number of hydrogen-bond donors (Lipinski definition) is 1. The van der Waals surface area contributed by atoms with E-state index in [4.69, 9.17) is 14.7 Å². The van der Waals surface area contributed by atoms with Gasteiger partial charge in [0, 0.05) is 11.8 Å². The molecule has 0 saturated heterocycles. The second-order valence-electron chi connectivity index (χ2n) is 7.36. The first-order valence-electron chi connectivity index (χ1n) is 10.1. The Kier molecular flexibility index (Phi) is 5.22. The standard InChI is InChI=1S/C24H23N3OS/c1-2-8-17(9-3-1)16-28-21-14-15-25-23-18(21)10-4-7-13-22(23)29-24-26-19-11-5-6-12-20(19)27-24/h1-3,5-6,8-9,11-12,14-15,22H,4,7,10,13,16H2,(H,26,27). The molecular weight excluding hydrogens is 378 g/mol. The van der Waals surface area contributed by atoms with Crippen LogP contribution in [0, 0.1) is 0 Å². The highest BCUT2D eigenvalue weighted by Gasteiger charge is 2.25. The number of aromatic nitrogens is 3. The van der Waals surface area contributed by atoms with Crippen LogP contribution in [0.5, 0.6) is 5.75 Å². The van der Waals surface area contributed by atoms with Gasteiger partial charge in [-0.15, -0.1) is 0 Å². The van der Waals surface area contributed by atoms with Crippen molar-refractivity contribution in [1.29, 1.82) is 0 Å². The largest absolute Gasteiger partial charge is 0.488 e. The van der Waals surface area contributed by atoms with Crippen molar-refractivity contribution in [2.24, 2.45) is 0 Å². The molecule has 4 nitrogen and oxygen atoms in total. The van der Waals surface area contributed by atoms with Crippen molar-refractivity contribution < 1.29 is 4.74 Å². The zero-order valence-electron chi connectivity index (χ0n) is 16.2. The van der Waals surface area contributed by atoms with E-state index in [1.807, 2.05) is 48.7 Å². The van der Waals surface area contributed by atoms with Crippen LogP contribution < -0.4 is 4.74 Å². The van der Waals surface area contributed by atoms with Gasteiger partial charge < -0.3 is 9.72 Å². The maximum absolute atomic E-state index is 6.22. The van der Waals surface area contributed by atoms with Crippen molar-refractivity contribution in [3.8, 4) is 5.75 Å². The fourth-order valence-corrected chi connectivity index (χ4v) is 5.08. The molecule has 0 saturated carbocycles. The molecule has 0 aliphatic heterocycles. The van der Waals surface area contributed by atoms with Crippen molar-refractivity contribution in [1.82, 2.24) is 15.0 Å². The number of para-hydroxylation sites is 2. The van der Waals surface area contributed by atoms with Gasteiger partial charge in [0.15, 0.2) is 5.16 Å². The van der Waals surface area contributed by atoms with E-state index in [1.54, 1.807) is 11.8 Å². The number of H-pyrrole nitrogens is 1. The number of thioether (sulfide) groups is 1. The Labute approximate surface area is 174 Å². The van der Waals surface area contributed by atoms with Crippen molar-refractivity contribution in [3.05, 3.63) is 83.7 Å². The summed E-state index contributed by atoms with van der Waals surface area (Å²) < 4.78 is 6.22. The number of aromatic amines is 1. The van der Waals surface area contributed by atoms with Crippen LogP contribution in [0.2, 0.25) is 0 Å². The molecule has 4 aromatic rings. The summed E-state index contributed by atoms with van der Waals surface area (Å²) in [6.45, 7) is 0.582. The van der Waals surface area contributed by atoms with Gasteiger partial charge in [-0.2, -0.15) is 0 Å². The maximum Gasteiger partial charge on any atom is 0.167 e. The van der Waals surface area contributed by atoms with E-state index >= 15 is 0 Å². The molecule has 1 atom stereocenters. The Morgan fingerprint density at radius 2 is 1.86 bits per heavy atom. The third kappa shape index (κ3) is 4.01. The quantitative estimate of drug-likeness (QED) is 0.411. The molecule has 1 N–H and O–H groups in total.